The summed E-state index contributed by atoms with van der Waals surface area (Å²) in [6.07, 6.45) is 3.65. The molecule has 114 valence electrons. The fourth-order valence-electron chi connectivity index (χ4n) is 2.52. The Morgan fingerprint density at radius 3 is 3.00 bits per heavy atom. The Morgan fingerprint density at radius 2 is 2.32 bits per heavy atom. The fourth-order valence-corrected chi connectivity index (χ4v) is 2.69. The summed E-state index contributed by atoms with van der Waals surface area (Å²) in [5.74, 6) is -0.359. The quantitative estimate of drug-likeness (QED) is 0.695. The minimum atomic E-state index is -0.359. The van der Waals surface area contributed by atoms with Crippen molar-refractivity contribution in [3.8, 4) is 11.1 Å². The van der Waals surface area contributed by atoms with Crippen LogP contribution in [0.15, 0.2) is 42.7 Å². The number of aliphatic hydroxyl groups is 1. The predicted octanol–water partition coefficient (Wildman–Crippen LogP) is 2.74. The highest BCUT2D eigenvalue weighted by Gasteiger charge is 2.30. The van der Waals surface area contributed by atoms with Gasteiger partial charge in [0, 0.05) is 34.3 Å². The molecule has 1 unspecified atom stereocenters. The first kappa shape index (κ1) is 14.8. The molecule has 0 bridgehead atoms. The number of nitrogens with zero attached hydrogens (tertiary/aromatic N) is 2. The average molecular weight is 319 g/mol. The van der Waals surface area contributed by atoms with Crippen LogP contribution in [-0.2, 0) is 16.1 Å². The number of carbonyl (C=O) groups is 1. The van der Waals surface area contributed by atoms with E-state index in [0.29, 0.717) is 23.6 Å². The van der Waals surface area contributed by atoms with Gasteiger partial charge in [0.05, 0.1) is 19.3 Å². The van der Waals surface area contributed by atoms with Gasteiger partial charge in [0.15, 0.2) is 0 Å². The van der Waals surface area contributed by atoms with Gasteiger partial charge >= 0.3 is 5.97 Å². The van der Waals surface area contributed by atoms with E-state index in [1.54, 1.807) is 16.9 Å². The molecule has 6 heteroatoms. The summed E-state index contributed by atoms with van der Waals surface area (Å²) in [5, 5.41) is 13.8. The third kappa shape index (κ3) is 2.77. The topological polar surface area (TPSA) is 64.3 Å². The first-order chi connectivity index (χ1) is 10.6. The Bertz CT molecular complexity index is 723. The van der Waals surface area contributed by atoms with Crippen molar-refractivity contribution in [1.82, 2.24) is 9.78 Å². The second kappa shape index (κ2) is 5.94. The number of cyclic esters (lactones) is 1. The Morgan fingerprint density at radius 1 is 1.50 bits per heavy atom. The summed E-state index contributed by atoms with van der Waals surface area (Å²) >= 11 is 6.11. The number of hydrogen-bond donors (Lipinski definition) is 1. The molecule has 2 heterocycles. The van der Waals surface area contributed by atoms with Gasteiger partial charge in [-0.05, 0) is 17.7 Å². The van der Waals surface area contributed by atoms with Gasteiger partial charge in [0.25, 0.3) is 0 Å². The molecular formula is C16H15ClN2O3. The maximum atomic E-state index is 11.6. The zero-order chi connectivity index (χ0) is 15.7. The number of carbonyl (C=O) groups excluding carboxylic acids is 1. The predicted molar refractivity (Wildman–Crippen MR) is 82.3 cm³/mol. The Labute approximate surface area is 132 Å². The van der Waals surface area contributed by atoms with Gasteiger partial charge in [-0.1, -0.05) is 24.2 Å². The van der Waals surface area contributed by atoms with E-state index in [4.69, 9.17) is 21.4 Å². The van der Waals surface area contributed by atoms with Gasteiger partial charge in [-0.25, -0.2) is 4.79 Å². The van der Waals surface area contributed by atoms with Crippen LogP contribution in [0.5, 0.6) is 0 Å². The third-order valence-corrected chi connectivity index (χ3v) is 3.84. The molecule has 2 aromatic rings. The van der Waals surface area contributed by atoms with Crippen LogP contribution >= 0.6 is 11.6 Å². The molecule has 1 aromatic heterocycles. The van der Waals surface area contributed by atoms with Crippen LogP contribution in [0.1, 0.15) is 18.1 Å². The number of halogens is 1. The van der Waals surface area contributed by atoms with Crippen LogP contribution in [0.25, 0.3) is 11.1 Å². The zero-order valence-corrected chi connectivity index (χ0v) is 12.6. The van der Waals surface area contributed by atoms with Crippen molar-refractivity contribution in [2.75, 3.05) is 6.61 Å². The van der Waals surface area contributed by atoms with E-state index in [1.807, 2.05) is 18.3 Å². The monoisotopic (exact) mass is 318 g/mol. The molecule has 0 saturated carbocycles. The van der Waals surface area contributed by atoms with Gasteiger partial charge in [-0.2, -0.15) is 5.10 Å². The molecule has 0 spiro atoms. The molecule has 1 aliphatic heterocycles. The number of ether oxygens (including phenoxy) is 1. The number of esters is 1. The number of hydrogen-bond acceptors (Lipinski definition) is 4. The van der Waals surface area contributed by atoms with E-state index in [9.17, 15) is 4.79 Å². The van der Waals surface area contributed by atoms with Crippen LogP contribution in [0, 0.1) is 0 Å². The van der Waals surface area contributed by atoms with Crippen molar-refractivity contribution in [3.05, 3.63) is 53.3 Å². The lowest BCUT2D eigenvalue weighted by molar-refractivity contribution is -0.139. The average Bonchev–Trinajstić information content (AvgIpc) is 3.07. The molecule has 0 aliphatic carbocycles. The Kier molecular flexibility index (Phi) is 4.00. The van der Waals surface area contributed by atoms with Gasteiger partial charge in [0.1, 0.15) is 6.10 Å². The lowest BCUT2D eigenvalue weighted by Crippen LogP contribution is -2.02. The van der Waals surface area contributed by atoms with E-state index in [0.717, 1.165) is 16.7 Å². The summed E-state index contributed by atoms with van der Waals surface area (Å²) in [4.78, 5) is 11.6. The van der Waals surface area contributed by atoms with Crippen LogP contribution < -0.4 is 0 Å². The van der Waals surface area contributed by atoms with Gasteiger partial charge in [-0.3, -0.25) is 4.68 Å². The molecule has 3 rings (SSSR count). The van der Waals surface area contributed by atoms with Crippen LogP contribution in [-0.4, -0.2) is 27.5 Å². The number of aliphatic hydroxyl groups excluding tert-OH is 1. The summed E-state index contributed by atoms with van der Waals surface area (Å²) < 4.78 is 7.02. The third-order valence-electron chi connectivity index (χ3n) is 3.61. The molecule has 1 fully saturated rings. The van der Waals surface area contributed by atoms with E-state index in [-0.39, 0.29) is 18.7 Å². The van der Waals surface area contributed by atoms with Crippen LogP contribution in [0.3, 0.4) is 0 Å². The maximum absolute atomic E-state index is 11.6. The van der Waals surface area contributed by atoms with Crippen molar-refractivity contribution in [1.29, 1.82) is 0 Å². The molecule has 1 N–H and O–H groups in total. The zero-order valence-electron chi connectivity index (χ0n) is 11.8. The Balaban J connectivity index is 2.00. The maximum Gasteiger partial charge on any atom is 0.334 e. The minimum Gasteiger partial charge on any atom is -0.454 e. The molecule has 1 aliphatic rings. The largest absolute Gasteiger partial charge is 0.454 e. The molecule has 22 heavy (non-hydrogen) atoms. The van der Waals surface area contributed by atoms with Crippen molar-refractivity contribution in [2.24, 2.45) is 0 Å². The first-order valence-corrected chi connectivity index (χ1v) is 7.28. The molecular weight excluding hydrogens is 304 g/mol. The lowest BCUT2D eigenvalue weighted by atomic mass is 9.96. The van der Waals surface area contributed by atoms with Crippen molar-refractivity contribution < 1.29 is 14.6 Å². The highest BCUT2D eigenvalue weighted by molar-refractivity contribution is 6.30. The van der Waals surface area contributed by atoms with E-state index >= 15 is 0 Å². The number of benzene rings is 1. The van der Waals surface area contributed by atoms with Crippen molar-refractivity contribution in [3.63, 3.8) is 0 Å². The van der Waals surface area contributed by atoms with E-state index in [1.165, 1.54) is 0 Å². The number of rotatable bonds is 4. The van der Waals surface area contributed by atoms with Crippen LogP contribution in [0.2, 0.25) is 5.02 Å². The fraction of sp³-hybridized carbons (Fsp3) is 0.250. The highest BCUT2D eigenvalue weighted by Crippen LogP contribution is 2.38. The normalized spacial score (nSPS) is 17.8. The molecule has 0 radical (unpaired) electrons. The SMILES string of the molecule is C=C1CC(c2ccc(Cl)cc2-c2cnn(CCO)c2)OC1=O. The summed E-state index contributed by atoms with van der Waals surface area (Å²) in [6, 6.07) is 5.46. The Hall–Kier alpha value is -2.11. The molecule has 0 amide bonds. The molecule has 5 nitrogen and oxygen atoms in total. The second-order valence-electron chi connectivity index (χ2n) is 5.15. The van der Waals surface area contributed by atoms with Crippen LogP contribution in [0.4, 0.5) is 0 Å². The first-order valence-electron chi connectivity index (χ1n) is 6.90. The smallest absolute Gasteiger partial charge is 0.334 e. The highest BCUT2D eigenvalue weighted by atomic mass is 35.5. The van der Waals surface area contributed by atoms with E-state index in [2.05, 4.69) is 11.7 Å². The lowest BCUT2D eigenvalue weighted by Gasteiger charge is -2.14. The number of aromatic nitrogens is 2. The summed E-state index contributed by atoms with van der Waals surface area (Å²) in [6.45, 7) is 4.15. The molecule has 1 saturated heterocycles. The van der Waals surface area contributed by atoms with Gasteiger partial charge in [-0.15, -0.1) is 0 Å². The standard InChI is InChI=1S/C16H15ClN2O3/c1-10-6-15(22-16(10)21)13-3-2-12(17)7-14(13)11-8-18-19(9-11)4-5-20/h2-3,7-9,15,20H,1,4-6H2. The van der Waals surface area contributed by atoms with Crippen molar-refractivity contribution in [2.45, 2.75) is 19.1 Å². The summed E-state index contributed by atoms with van der Waals surface area (Å²) in [7, 11) is 0. The van der Waals surface area contributed by atoms with E-state index < -0.39 is 0 Å². The van der Waals surface area contributed by atoms with Gasteiger partial charge < -0.3 is 9.84 Å². The summed E-state index contributed by atoms with van der Waals surface area (Å²) in [5.41, 5.74) is 3.07. The molecule has 1 atom stereocenters. The second-order valence-corrected chi connectivity index (χ2v) is 5.59. The minimum absolute atomic E-state index is 0.0174. The van der Waals surface area contributed by atoms with Crippen molar-refractivity contribution >= 4 is 17.6 Å². The molecule has 1 aromatic carbocycles. The van der Waals surface area contributed by atoms with Gasteiger partial charge in [0.2, 0.25) is 0 Å².